The smallest absolute Gasteiger partial charge is 0.138 e. The van der Waals surface area contributed by atoms with Crippen molar-refractivity contribution in [3.05, 3.63) is 133 Å². The van der Waals surface area contributed by atoms with Crippen LogP contribution in [0.4, 0.5) is 0 Å². The Kier molecular flexibility index (Phi) is 4.73. The number of aromatic nitrogens is 2. The molecule has 2 nitrogen and oxygen atoms in total. The summed E-state index contributed by atoms with van der Waals surface area (Å²) in [6, 6.07) is 45.9. The Morgan fingerprint density at radius 1 is 0.561 bits per heavy atom. The van der Waals surface area contributed by atoms with Crippen molar-refractivity contribution in [3.63, 3.8) is 0 Å². The number of thiophene rings is 1. The van der Waals surface area contributed by atoms with Gasteiger partial charge in [-0.1, -0.05) is 109 Å². The van der Waals surface area contributed by atoms with E-state index in [0.717, 1.165) is 16.7 Å². The first-order valence-electron chi connectivity index (χ1n) is 14.0. The molecule has 0 saturated heterocycles. The van der Waals surface area contributed by atoms with Gasteiger partial charge in [0, 0.05) is 31.6 Å². The lowest BCUT2D eigenvalue weighted by atomic mass is 9.98. The number of pyridine rings is 1. The standard InChI is InChI=1S/C38H24N2S/c1-23-12-11-19-29-35-27-17-6-5-16-26(27)34-28-18-8-10-21-32(28)40(36(34)38(35)41-37(23)29)33-22-30(24-13-3-2-4-14-24)25-15-7-9-20-31(25)39-33/h2-22H,1H3. The summed E-state index contributed by atoms with van der Waals surface area (Å²) in [6.07, 6.45) is 0. The molecular weight excluding hydrogens is 516 g/mol. The Morgan fingerprint density at radius 2 is 1.22 bits per heavy atom. The van der Waals surface area contributed by atoms with Crippen LogP contribution in [0.3, 0.4) is 0 Å². The molecule has 0 aliphatic rings. The van der Waals surface area contributed by atoms with E-state index in [1.54, 1.807) is 0 Å². The third-order valence-corrected chi connectivity index (χ3v) is 9.83. The van der Waals surface area contributed by atoms with E-state index in [0.29, 0.717) is 0 Å². The zero-order valence-electron chi connectivity index (χ0n) is 22.4. The van der Waals surface area contributed by atoms with E-state index in [1.165, 1.54) is 69.4 Å². The van der Waals surface area contributed by atoms with E-state index >= 15 is 0 Å². The molecule has 9 aromatic rings. The van der Waals surface area contributed by atoms with Crippen molar-refractivity contribution in [1.82, 2.24) is 9.55 Å². The Balaban J connectivity index is 1.55. The average Bonchev–Trinajstić information content (AvgIpc) is 3.59. The van der Waals surface area contributed by atoms with Gasteiger partial charge in [-0.3, -0.25) is 4.57 Å². The topological polar surface area (TPSA) is 17.8 Å². The van der Waals surface area contributed by atoms with Crippen LogP contribution < -0.4 is 0 Å². The zero-order valence-corrected chi connectivity index (χ0v) is 23.2. The van der Waals surface area contributed by atoms with Crippen molar-refractivity contribution in [2.75, 3.05) is 0 Å². The van der Waals surface area contributed by atoms with Gasteiger partial charge in [-0.25, -0.2) is 4.98 Å². The number of hydrogen-bond acceptors (Lipinski definition) is 2. The molecule has 0 fully saturated rings. The monoisotopic (exact) mass is 540 g/mol. The molecule has 0 saturated carbocycles. The maximum absolute atomic E-state index is 5.33. The largest absolute Gasteiger partial charge is 0.292 e. The minimum absolute atomic E-state index is 0.944. The van der Waals surface area contributed by atoms with E-state index in [2.05, 4.69) is 139 Å². The highest BCUT2D eigenvalue weighted by atomic mass is 32.1. The van der Waals surface area contributed by atoms with Gasteiger partial charge in [0.25, 0.3) is 0 Å². The van der Waals surface area contributed by atoms with Gasteiger partial charge in [0.15, 0.2) is 0 Å². The van der Waals surface area contributed by atoms with Crippen LogP contribution in [0.5, 0.6) is 0 Å². The second-order valence-electron chi connectivity index (χ2n) is 10.8. The van der Waals surface area contributed by atoms with Gasteiger partial charge in [-0.15, -0.1) is 11.3 Å². The molecule has 0 aliphatic carbocycles. The molecule has 0 aliphatic heterocycles. The molecule has 0 unspecified atom stereocenters. The van der Waals surface area contributed by atoms with E-state index in [1.807, 2.05) is 11.3 Å². The molecule has 0 spiro atoms. The molecule has 3 heteroatoms. The fourth-order valence-electron chi connectivity index (χ4n) is 6.71. The highest BCUT2D eigenvalue weighted by molar-refractivity contribution is 7.27. The molecule has 6 aromatic carbocycles. The van der Waals surface area contributed by atoms with Crippen molar-refractivity contribution >= 4 is 75.0 Å². The van der Waals surface area contributed by atoms with Crippen LogP contribution in [0.25, 0.3) is 80.6 Å². The maximum atomic E-state index is 5.33. The number of rotatable bonds is 2. The first-order chi connectivity index (χ1) is 20.3. The zero-order chi connectivity index (χ0) is 27.1. The molecule has 0 N–H and O–H groups in total. The van der Waals surface area contributed by atoms with Gasteiger partial charge in [-0.2, -0.15) is 0 Å². The summed E-state index contributed by atoms with van der Waals surface area (Å²) >= 11 is 1.91. The van der Waals surface area contributed by atoms with E-state index in [9.17, 15) is 0 Å². The molecule has 3 heterocycles. The summed E-state index contributed by atoms with van der Waals surface area (Å²) < 4.78 is 5.09. The van der Waals surface area contributed by atoms with E-state index in [4.69, 9.17) is 4.98 Å². The third kappa shape index (κ3) is 3.15. The van der Waals surface area contributed by atoms with Crippen LogP contribution in [-0.4, -0.2) is 9.55 Å². The lowest BCUT2D eigenvalue weighted by Gasteiger charge is -2.13. The third-order valence-electron chi connectivity index (χ3n) is 8.48. The van der Waals surface area contributed by atoms with Crippen LogP contribution in [0.15, 0.2) is 127 Å². The van der Waals surface area contributed by atoms with Crippen molar-refractivity contribution in [2.24, 2.45) is 0 Å². The summed E-state index contributed by atoms with van der Waals surface area (Å²) in [4.78, 5) is 5.33. The number of para-hydroxylation sites is 2. The molecular formula is C38H24N2S. The fourth-order valence-corrected chi connectivity index (χ4v) is 8.04. The Morgan fingerprint density at radius 3 is 2.05 bits per heavy atom. The summed E-state index contributed by atoms with van der Waals surface area (Å²) in [6.45, 7) is 2.23. The number of fused-ring (bicyclic) bond motifs is 11. The minimum atomic E-state index is 0.944. The van der Waals surface area contributed by atoms with Gasteiger partial charge < -0.3 is 0 Å². The Labute approximate surface area is 240 Å². The normalized spacial score (nSPS) is 12.0. The molecule has 3 aromatic heterocycles. The van der Waals surface area contributed by atoms with Gasteiger partial charge in [0.1, 0.15) is 5.82 Å². The second-order valence-corrected chi connectivity index (χ2v) is 11.8. The number of benzene rings is 6. The van der Waals surface area contributed by atoms with Crippen molar-refractivity contribution in [2.45, 2.75) is 6.92 Å². The molecule has 0 atom stereocenters. The van der Waals surface area contributed by atoms with Crippen LogP contribution in [0.1, 0.15) is 5.56 Å². The summed E-state index contributed by atoms with van der Waals surface area (Å²) in [5.41, 5.74) is 7.12. The van der Waals surface area contributed by atoms with Gasteiger partial charge in [-0.05, 0) is 52.6 Å². The summed E-state index contributed by atoms with van der Waals surface area (Å²) in [5, 5.41) is 8.98. The van der Waals surface area contributed by atoms with Crippen LogP contribution in [-0.2, 0) is 0 Å². The van der Waals surface area contributed by atoms with Gasteiger partial charge >= 0.3 is 0 Å². The number of hydrogen-bond donors (Lipinski definition) is 0. The Bertz CT molecular complexity index is 2480. The molecule has 0 amide bonds. The molecule has 41 heavy (non-hydrogen) atoms. The molecule has 0 bridgehead atoms. The van der Waals surface area contributed by atoms with Crippen molar-refractivity contribution in [1.29, 1.82) is 0 Å². The van der Waals surface area contributed by atoms with Crippen molar-refractivity contribution in [3.8, 4) is 16.9 Å². The predicted octanol–water partition coefficient (Wildman–Crippen LogP) is 10.8. The second kappa shape index (κ2) is 8.50. The van der Waals surface area contributed by atoms with E-state index < -0.39 is 0 Å². The first-order valence-corrected chi connectivity index (χ1v) is 14.8. The lowest BCUT2D eigenvalue weighted by molar-refractivity contribution is 1.11. The molecule has 9 rings (SSSR count). The van der Waals surface area contributed by atoms with Crippen LogP contribution in [0.2, 0.25) is 0 Å². The molecule has 192 valence electrons. The number of nitrogens with zero attached hydrogens (tertiary/aromatic N) is 2. The van der Waals surface area contributed by atoms with E-state index in [-0.39, 0.29) is 0 Å². The highest BCUT2D eigenvalue weighted by Gasteiger charge is 2.23. The quantitative estimate of drug-likeness (QED) is 0.213. The average molecular weight is 541 g/mol. The first kappa shape index (κ1) is 22.8. The van der Waals surface area contributed by atoms with Gasteiger partial charge in [0.05, 0.1) is 21.3 Å². The van der Waals surface area contributed by atoms with Crippen molar-refractivity contribution < 1.29 is 0 Å². The predicted molar refractivity (Wildman–Crippen MR) is 177 cm³/mol. The van der Waals surface area contributed by atoms with Crippen LogP contribution in [0, 0.1) is 6.92 Å². The SMILES string of the molecule is Cc1cccc2c1sc1c2c2ccccc2c2c3ccccc3n(-c3cc(-c4ccccc4)c4ccccc4n3)c12. The minimum Gasteiger partial charge on any atom is -0.292 e. The van der Waals surface area contributed by atoms with Crippen LogP contribution >= 0.6 is 11.3 Å². The summed E-state index contributed by atoms with van der Waals surface area (Å²) in [7, 11) is 0. The number of aryl methyl sites for hydroxylation is 1. The lowest BCUT2D eigenvalue weighted by Crippen LogP contribution is -1.99. The summed E-state index contributed by atoms with van der Waals surface area (Å²) in [5.74, 6) is 0.944. The van der Waals surface area contributed by atoms with Gasteiger partial charge in [0.2, 0.25) is 0 Å². The Hall–Kier alpha value is -4.99. The highest BCUT2D eigenvalue weighted by Crippen LogP contribution is 2.48. The fraction of sp³-hybridized carbons (Fsp3) is 0.0263. The maximum Gasteiger partial charge on any atom is 0.138 e. The molecule has 0 radical (unpaired) electrons.